The summed E-state index contributed by atoms with van der Waals surface area (Å²) >= 11 is 0. The molecule has 17 heavy (non-hydrogen) atoms. The molecule has 0 radical (unpaired) electrons. The lowest BCUT2D eigenvalue weighted by molar-refractivity contribution is 0.0946. The Labute approximate surface area is 97.0 Å². The zero-order chi connectivity index (χ0) is 12.3. The lowest BCUT2D eigenvalue weighted by Gasteiger charge is -2.04. The molecule has 1 heterocycles. The smallest absolute Gasteiger partial charge is 0.254 e. The van der Waals surface area contributed by atoms with Gasteiger partial charge in [-0.2, -0.15) is 15.4 Å². The van der Waals surface area contributed by atoms with Crippen LogP contribution in [0.4, 0.5) is 4.39 Å². The van der Waals surface area contributed by atoms with E-state index in [1.807, 2.05) is 0 Å². The molecule has 6 heteroatoms. The molecule has 0 unspecified atom stereocenters. The Kier molecular flexibility index (Phi) is 3.13. The van der Waals surface area contributed by atoms with Crippen LogP contribution in [0.25, 0.3) is 0 Å². The Morgan fingerprint density at radius 1 is 1.53 bits per heavy atom. The van der Waals surface area contributed by atoms with Crippen molar-refractivity contribution >= 4 is 5.91 Å². The van der Waals surface area contributed by atoms with Crippen molar-refractivity contribution in [1.82, 2.24) is 20.7 Å². The highest BCUT2D eigenvalue weighted by Gasteiger charge is 2.11. The first-order valence-electron chi connectivity index (χ1n) is 5.06. The quantitative estimate of drug-likeness (QED) is 0.837. The molecule has 2 aromatic rings. The van der Waals surface area contributed by atoms with Gasteiger partial charge in [-0.05, 0) is 24.6 Å². The Morgan fingerprint density at radius 2 is 2.35 bits per heavy atom. The van der Waals surface area contributed by atoms with Crippen LogP contribution in [0.15, 0.2) is 24.4 Å². The van der Waals surface area contributed by atoms with Gasteiger partial charge in [0, 0.05) is 0 Å². The van der Waals surface area contributed by atoms with Crippen molar-refractivity contribution in [3.8, 4) is 0 Å². The number of nitrogens with one attached hydrogen (secondary N) is 2. The zero-order valence-electron chi connectivity index (χ0n) is 9.20. The number of halogens is 1. The van der Waals surface area contributed by atoms with Crippen molar-refractivity contribution in [2.24, 2.45) is 0 Å². The summed E-state index contributed by atoms with van der Waals surface area (Å²) in [4.78, 5) is 11.7. The maximum Gasteiger partial charge on any atom is 0.254 e. The topological polar surface area (TPSA) is 70.7 Å². The number of H-pyrrole nitrogens is 1. The number of benzene rings is 1. The fraction of sp³-hybridized carbons (Fsp3) is 0.182. The van der Waals surface area contributed by atoms with Crippen molar-refractivity contribution in [2.45, 2.75) is 13.5 Å². The van der Waals surface area contributed by atoms with Crippen molar-refractivity contribution in [3.05, 3.63) is 47.0 Å². The van der Waals surface area contributed by atoms with Gasteiger partial charge in [-0.1, -0.05) is 6.07 Å². The van der Waals surface area contributed by atoms with Gasteiger partial charge in [-0.25, -0.2) is 4.39 Å². The number of nitrogens with zero attached hydrogens (tertiary/aromatic N) is 2. The molecule has 0 fully saturated rings. The number of carbonyl (C=O) groups is 1. The molecule has 0 saturated heterocycles. The minimum Gasteiger partial charge on any atom is -0.346 e. The number of amides is 1. The second-order valence-corrected chi connectivity index (χ2v) is 3.63. The van der Waals surface area contributed by atoms with E-state index in [-0.39, 0.29) is 12.1 Å². The summed E-state index contributed by atoms with van der Waals surface area (Å²) in [5, 5.41) is 12.4. The average Bonchev–Trinajstić information content (AvgIpc) is 2.78. The molecule has 0 saturated carbocycles. The molecule has 88 valence electrons. The normalized spacial score (nSPS) is 10.2. The summed E-state index contributed by atoms with van der Waals surface area (Å²) in [5.41, 5.74) is 1.39. The Morgan fingerprint density at radius 3 is 3.00 bits per heavy atom. The second-order valence-electron chi connectivity index (χ2n) is 3.63. The van der Waals surface area contributed by atoms with Gasteiger partial charge in [-0.15, -0.1) is 0 Å². The first-order chi connectivity index (χ1) is 8.16. The Bertz CT molecular complexity index is 524. The van der Waals surface area contributed by atoms with Gasteiger partial charge < -0.3 is 5.32 Å². The van der Waals surface area contributed by atoms with E-state index >= 15 is 0 Å². The van der Waals surface area contributed by atoms with E-state index in [9.17, 15) is 9.18 Å². The van der Waals surface area contributed by atoms with Crippen molar-refractivity contribution < 1.29 is 9.18 Å². The molecule has 2 N–H and O–H groups in total. The van der Waals surface area contributed by atoms with Crippen LogP contribution in [0.1, 0.15) is 21.6 Å². The molecular formula is C11H11FN4O. The summed E-state index contributed by atoms with van der Waals surface area (Å²) in [6.07, 6.45) is 1.49. The highest BCUT2D eigenvalue weighted by Crippen LogP contribution is 2.09. The molecule has 5 nitrogen and oxygen atoms in total. The van der Waals surface area contributed by atoms with Crippen LogP contribution < -0.4 is 5.32 Å². The highest BCUT2D eigenvalue weighted by molar-refractivity contribution is 5.94. The van der Waals surface area contributed by atoms with E-state index in [1.165, 1.54) is 18.3 Å². The molecule has 1 aromatic heterocycles. The molecule has 0 spiro atoms. The second kappa shape index (κ2) is 4.73. The molecule has 1 amide bonds. The molecule has 2 rings (SSSR count). The predicted octanol–water partition coefficient (Wildman–Crippen LogP) is 1.18. The van der Waals surface area contributed by atoms with Crippen LogP contribution in [-0.4, -0.2) is 21.3 Å². The third kappa shape index (κ3) is 2.66. The van der Waals surface area contributed by atoms with Gasteiger partial charge >= 0.3 is 0 Å². The summed E-state index contributed by atoms with van der Waals surface area (Å²) in [7, 11) is 0. The van der Waals surface area contributed by atoms with Crippen LogP contribution in [0.3, 0.4) is 0 Å². The largest absolute Gasteiger partial charge is 0.346 e. The van der Waals surface area contributed by atoms with E-state index in [2.05, 4.69) is 20.7 Å². The summed E-state index contributed by atoms with van der Waals surface area (Å²) in [6.45, 7) is 1.98. The third-order valence-electron chi connectivity index (χ3n) is 2.26. The van der Waals surface area contributed by atoms with E-state index in [0.717, 1.165) is 5.56 Å². The number of hydrogen-bond donors (Lipinski definition) is 2. The highest BCUT2D eigenvalue weighted by atomic mass is 19.1. The van der Waals surface area contributed by atoms with E-state index in [0.29, 0.717) is 5.69 Å². The fourth-order valence-corrected chi connectivity index (χ4v) is 1.38. The summed E-state index contributed by atoms with van der Waals surface area (Å²) < 4.78 is 13.5. The Balaban J connectivity index is 2.04. The number of aryl methyl sites for hydroxylation is 1. The van der Waals surface area contributed by atoms with Gasteiger partial charge in [-0.3, -0.25) is 4.79 Å². The maximum atomic E-state index is 13.5. The van der Waals surface area contributed by atoms with Crippen LogP contribution in [0, 0.1) is 12.7 Å². The minimum absolute atomic E-state index is 0.0269. The minimum atomic E-state index is -0.525. The first kappa shape index (κ1) is 11.3. The van der Waals surface area contributed by atoms with Crippen molar-refractivity contribution in [3.63, 3.8) is 0 Å². The molecule has 0 bridgehead atoms. The molecule has 1 aromatic carbocycles. The standard InChI is InChI=1S/C11H11FN4O/c1-7-2-3-9(10(12)4-7)11(17)13-5-8-6-14-16-15-8/h2-4,6H,5H2,1H3,(H,13,17)(H,14,15,16). The Hall–Kier alpha value is -2.24. The lowest BCUT2D eigenvalue weighted by Crippen LogP contribution is -2.24. The number of rotatable bonds is 3. The molecule has 0 aliphatic rings. The summed E-state index contributed by atoms with van der Waals surface area (Å²) in [5.74, 6) is -0.992. The van der Waals surface area contributed by atoms with E-state index in [4.69, 9.17) is 0 Å². The van der Waals surface area contributed by atoms with Crippen LogP contribution in [-0.2, 0) is 6.54 Å². The van der Waals surface area contributed by atoms with E-state index in [1.54, 1.807) is 13.0 Å². The summed E-state index contributed by atoms with van der Waals surface area (Å²) in [6, 6.07) is 4.47. The van der Waals surface area contributed by atoms with E-state index < -0.39 is 11.7 Å². The molecule has 0 atom stereocenters. The molecular weight excluding hydrogens is 223 g/mol. The van der Waals surface area contributed by atoms with Gasteiger partial charge in [0.25, 0.3) is 5.91 Å². The monoisotopic (exact) mass is 234 g/mol. The van der Waals surface area contributed by atoms with Gasteiger partial charge in [0.1, 0.15) is 11.5 Å². The molecule has 0 aliphatic carbocycles. The fourth-order valence-electron chi connectivity index (χ4n) is 1.38. The number of hydrogen-bond acceptors (Lipinski definition) is 3. The number of aromatic nitrogens is 3. The third-order valence-corrected chi connectivity index (χ3v) is 2.26. The number of aromatic amines is 1. The zero-order valence-corrected chi connectivity index (χ0v) is 9.20. The number of carbonyl (C=O) groups excluding carboxylic acids is 1. The maximum absolute atomic E-state index is 13.5. The predicted molar refractivity (Wildman–Crippen MR) is 58.7 cm³/mol. The van der Waals surface area contributed by atoms with Gasteiger partial charge in [0.05, 0.1) is 18.3 Å². The van der Waals surface area contributed by atoms with Gasteiger partial charge in [0.2, 0.25) is 0 Å². The van der Waals surface area contributed by atoms with Crippen LogP contribution >= 0.6 is 0 Å². The van der Waals surface area contributed by atoms with Gasteiger partial charge in [0.15, 0.2) is 0 Å². The van der Waals surface area contributed by atoms with Crippen molar-refractivity contribution in [2.75, 3.05) is 0 Å². The molecule has 0 aliphatic heterocycles. The van der Waals surface area contributed by atoms with Crippen molar-refractivity contribution in [1.29, 1.82) is 0 Å². The first-order valence-corrected chi connectivity index (χ1v) is 5.06. The average molecular weight is 234 g/mol. The lowest BCUT2D eigenvalue weighted by atomic mass is 10.1. The van der Waals surface area contributed by atoms with Crippen LogP contribution in [0.2, 0.25) is 0 Å². The SMILES string of the molecule is Cc1ccc(C(=O)NCc2cn[nH]n2)c(F)c1. The van der Waals surface area contributed by atoms with Crippen LogP contribution in [0.5, 0.6) is 0 Å².